The lowest BCUT2D eigenvalue weighted by molar-refractivity contribution is 0.0998. The molecule has 4 rings (SSSR count). The van der Waals surface area contributed by atoms with Crippen LogP contribution in [-0.2, 0) is 6.54 Å². The molecule has 4 aromatic rings. The summed E-state index contributed by atoms with van der Waals surface area (Å²) >= 11 is 7.58. The van der Waals surface area contributed by atoms with E-state index in [1.54, 1.807) is 12.4 Å². The fourth-order valence-corrected chi connectivity index (χ4v) is 4.57. The number of halogens is 1. The van der Waals surface area contributed by atoms with Crippen molar-refractivity contribution in [2.45, 2.75) is 19.6 Å². The third-order valence-electron chi connectivity index (χ3n) is 4.75. The molecule has 3 aromatic heterocycles. The Morgan fingerprint density at radius 3 is 2.77 bits per heavy atom. The molecule has 0 aliphatic carbocycles. The number of aromatic nitrogens is 3. The predicted molar refractivity (Wildman–Crippen MR) is 123 cm³/mol. The van der Waals surface area contributed by atoms with Crippen LogP contribution < -0.4 is 10.5 Å². The highest BCUT2D eigenvalue weighted by Gasteiger charge is 2.21. The molecular formula is C22H22ClN5O2S. The van der Waals surface area contributed by atoms with Gasteiger partial charge in [-0.05, 0) is 27.1 Å². The van der Waals surface area contributed by atoms with Gasteiger partial charge in [-0.1, -0.05) is 29.8 Å². The predicted octanol–water partition coefficient (Wildman–Crippen LogP) is 4.41. The third-order valence-corrected chi connectivity index (χ3v) is 6.25. The molecule has 0 fully saturated rings. The standard InChI is InChI=1S/C22H22ClN5O2S/c1-13(15-6-4-5-7-16(15)23)30-18-8-19(31-21(18)22(24)29)17-9-26-20-10-25-14(11-27(2)3)12-28(17)20/h4-10,12-13H,11H2,1-3H3,(H2,24,29)/t13-/m1/s1. The molecule has 0 unspecified atom stereocenters. The van der Waals surface area contributed by atoms with Gasteiger partial charge in [0.2, 0.25) is 0 Å². The quantitative estimate of drug-likeness (QED) is 0.446. The van der Waals surface area contributed by atoms with Gasteiger partial charge in [-0.25, -0.2) is 4.98 Å². The number of hydrogen-bond acceptors (Lipinski definition) is 6. The number of rotatable bonds is 7. The lowest BCUT2D eigenvalue weighted by Gasteiger charge is -2.16. The van der Waals surface area contributed by atoms with E-state index in [0.29, 0.717) is 22.2 Å². The van der Waals surface area contributed by atoms with Gasteiger partial charge in [0.05, 0.1) is 28.7 Å². The van der Waals surface area contributed by atoms with E-state index >= 15 is 0 Å². The van der Waals surface area contributed by atoms with Gasteiger partial charge in [0, 0.05) is 29.4 Å². The van der Waals surface area contributed by atoms with Gasteiger partial charge < -0.3 is 15.4 Å². The summed E-state index contributed by atoms with van der Waals surface area (Å²) in [6.45, 7) is 2.59. The average Bonchev–Trinajstić information content (AvgIpc) is 3.31. The average molecular weight is 456 g/mol. The number of hydrogen-bond donors (Lipinski definition) is 1. The summed E-state index contributed by atoms with van der Waals surface area (Å²) in [5.41, 5.74) is 8.95. The fourth-order valence-electron chi connectivity index (χ4n) is 3.34. The normalized spacial score (nSPS) is 12.4. The molecular weight excluding hydrogens is 434 g/mol. The van der Waals surface area contributed by atoms with Gasteiger partial charge in [0.1, 0.15) is 16.7 Å². The Morgan fingerprint density at radius 1 is 1.29 bits per heavy atom. The summed E-state index contributed by atoms with van der Waals surface area (Å²) in [5, 5.41) is 0.605. The van der Waals surface area contributed by atoms with Crippen molar-refractivity contribution < 1.29 is 9.53 Å². The molecule has 0 aliphatic rings. The van der Waals surface area contributed by atoms with Gasteiger partial charge >= 0.3 is 0 Å². The Bertz CT molecular complexity index is 1250. The van der Waals surface area contributed by atoms with Crippen LogP contribution in [0, 0.1) is 0 Å². The number of imidazole rings is 1. The number of carbonyl (C=O) groups is 1. The molecule has 0 aliphatic heterocycles. The van der Waals surface area contributed by atoms with Crippen molar-refractivity contribution in [3.8, 4) is 16.3 Å². The van der Waals surface area contributed by atoms with Crippen molar-refractivity contribution in [1.29, 1.82) is 0 Å². The van der Waals surface area contributed by atoms with E-state index in [0.717, 1.165) is 27.5 Å². The monoisotopic (exact) mass is 455 g/mol. The van der Waals surface area contributed by atoms with Gasteiger partial charge in [-0.2, -0.15) is 0 Å². The molecule has 0 spiro atoms. The largest absolute Gasteiger partial charge is 0.484 e. The highest BCUT2D eigenvalue weighted by molar-refractivity contribution is 7.17. The fraction of sp³-hybridized carbons (Fsp3) is 0.227. The summed E-state index contributed by atoms with van der Waals surface area (Å²) in [6.07, 6.45) is 5.09. The Kier molecular flexibility index (Phi) is 5.95. The number of nitrogens with zero attached hydrogens (tertiary/aromatic N) is 4. The van der Waals surface area contributed by atoms with Crippen LogP contribution in [0.5, 0.6) is 5.75 Å². The van der Waals surface area contributed by atoms with E-state index in [-0.39, 0.29) is 6.10 Å². The van der Waals surface area contributed by atoms with Crippen LogP contribution in [0.3, 0.4) is 0 Å². The Hall–Kier alpha value is -2.94. The van der Waals surface area contributed by atoms with Crippen molar-refractivity contribution in [3.05, 3.63) is 70.1 Å². The van der Waals surface area contributed by atoms with Crippen LogP contribution in [-0.4, -0.2) is 39.3 Å². The Balaban J connectivity index is 1.72. The maximum atomic E-state index is 12.1. The van der Waals surface area contributed by atoms with Crippen molar-refractivity contribution in [1.82, 2.24) is 19.3 Å². The van der Waals surface area contributed by atoms with Gasteiger partial charge in [0.25, 0.3) is 5.91 Å². The number of ether oxygens (including phenoxy) is 1. The maximum Gasteiger partial charge on any atom is 0.262 e. The lowest BCUT2D eigenvalue weighted by Crippen LogP contribution is -2.12. The Morgan fingerprint density at radius 2 is 2.06 bits per heavy atom. The second-order valence-electron chi connectivity index (χ2n) is 7.44. The van der Waals surface area contributed by atoms with Gasteiger partial charge in [0.15, 0.2) is 5.65 Å². The molecule has 1 atom stereocenters. The lowest BCUT2D eigenvalue weighted by atomic mass is 10.1. The smallest absolute Gasteiger partial charge is 0.262 e. The second-order valence-corrected chi connectivity index (χ2v) is 8.90. The van der Waals surface area contributed by atoms with E-state index in [1.807, 2.05) is 66.8 Å². The zero-order chi connectivity index (χ0) is 22.1. The summed E-state index contributed by atoms with van der Waals surface area (Å²) < 4.78 is 8.08. The highest BCUT2D eigenvalue weighted by atomic mass is 35.5. The third kappa shape index (κ3) is 4.41. The molecule has 0 saturated carbocycles. The first-order valence-electron chi connectivity index (χ1n) is 9.65. The molecule has 0 bridgehead atoms. The number of primary amides is 1. The van der Waals surface area contributed by atoms with E-state index in [2.05, 4.69) is 9.97 Å². The molecule has 160 valence electrons. The first-order chi connectivity index (χ1) is 14.8. The van der Waals surface area contributed by atoms with Crippen LogP contribution in [0.4, 0.5) is 0 Å². The van der Waals surface area contributed by atoms with Crippen LogP contribution in [0.15, 0.2) is 48.9 Å². The van der Waals surface area contributed by atoms with E-state index in [4.69, 9.17) is 22.1 Å². The number of fused-ring (bicyclic) bond motifs is 1. The summed E-state index contributed by atoms with van der Waals surface area (Å²) in [4.78, 5) is 24.2. The summed E-state index contributed by atoms with van der Waals surface area (Å²) in [5.74, 6) is -0.112. The molecule has 9 heteroatoms. The zero-order valence-electron chi connectivity index (χ0n) is 17.4. The first-order valence-corrected chi connectivity index (χ1v) is 10.8. The number of amides is 1. The molecule has 7 nitrogen and oxygen atoms in total. The van der Waals surface area contributed by atoms with Crippen molar-refractivity contribution in [3.63, 3.8) is 0 Å². The van der Waals surface area contributed by atoms with Crippen LogP contribution in [0.25, 0.3) is 16.2 Å². The topological polar surface area (TPSA) is 85.8 Å². The second kappa shape index (κ2) is 8.66. The first kappa shape index (κ1) is 21.3. The molecule has 3 heterocycles. The molecule has 31 heavy (non-hydrogen) atoms. The van der Waals surface area contributed by atoms with Crippen molar-refractivity contribution >= 4 is 34.5 Å². The van der Waals surface area contributed by atoms with Crippen LogP contribution in [0.1, 0.15) is 34.0 Å². The SMILES string of the molecule is C[C@@H](Oc1cc(-c2cnc3cnc(CN(C)C)cn23)sc1C(N)=O)c1ccccc1Cl. The summed E-state index contributed by atoms with van der Waals surface area (Å²) in [7, 11) is 3.98. The Labute approximate surface area is 189 Å². The summed E-state index contributed by atoms with van der Waals surface area (Å²) in [6, 6.07) is 9.29. The molecule has 2 N–H and O–H groups in total. The minimum absolute atomic E-state index is 0.353. The maximum absolute atomic E-state index is 12.1. The number of benzene rings is 1. The molecule has 0 saturated heterocycles. The number of nitrogens with two attached hydrogens (primary N) is 1. The van der Waals surface area contributed by atoms with Crippen LogP contribution >= 0.6 is 22.9 Å². The van der Waals surface area contributed by atoms with Gasteiger partial charge in [-0.3, -0.25) is 14.2 Å². The van der Waals surface area contributed by atoms with E-state index in [9.17, 15) is 4.79 Å². The minimum atomic E-state index is -0.540. The zero-order valence-corrected chi connectivity index (χ0v) is 18.9. The molecule has 0 radical (unpaired) electrons. The van der Waals surface area contributed by atoms with Crippen molar-refractivity contribution in [2.24, 2.45) is 5.73 Å². The minimum Gasteiger partial charge on any atom is -0.484 e. The highest BCUT2D eigenvalue weighted by Crippen LogP contribution is 2.39. The van der Waals surface area contributed by atoms with E-state index in [1.165, 1.54) is 11.3 Å². The number of carbonyl (C=O) groups excluding carboxylic acids is 1. The number of thiophene rings is 1. The van der Waals surface area contributed by atoms with Crippen molar-refractivity contribution in [2.75, 3.05) is 14.1 Å². The molecule has 1 aromatic carbocycles. The molecule has 1 amide bonds. The van der Waals surface area contributed by atoms with E-state index < -0.39 is 5.91 Å². The van der Waals surface area contributed by atoms with Crippen LogP contribution in [0.2, 0.25) is 5.02 Å². The van der Waals surface area contributed by atoms with Gasteiger partial charge in [-0.15, -0.1) is 11.3 Å².